The Morgan fingerprint density at radius 2 is 2.10 bits per heavy atom. The van der Waals surface area contributed by atoms with Crippen LogP contribution in [-0.4, -0.2) is 20.2 Å². The molecule has 5 nitrogen and oxygen atoms in total. The summed E-state index contributed by atoms with van der Waals surface area (Å²) in [6.07, 6.45) is 1.54. The molecule has 0 saturated carbocycles. The molecule has 0 radical (unpaired) electrons. The molecular formula is C15H14FN5. The molecule has 0 aliphatic heterocycles. The first-order valence-electron chi connectivity index (χ1n) is 6.55. The van der Waals surface area contributed by atoms with Crippen LogP contribution in [0.3, 0.4) is 0 Å². The molecule has 0 aliphatic carbocycles. The van der Waals surface area contributed by atoms with Crippen molar-refractivity contribution in [3.63, 3.8) is 0 Å². The molecule has 1 aromatic heterocycles. The molecule has 0 bridgehead atoms. The third-order valence-electron chi connectivity index (χ3n) is 3.25. The van der Waals surface area contributed by atoms with Crippen molar-refractivity contribution in [2.24, 2.45) is 0 Å². The second-order valence-electron chi connectivity index (χ2n) is 4.73. The van der Waals surface area contributed by atoms with Crippen LogP contribution < -0.4 is 5.32 Å². The van der Waals surface area contributed by atoms with E-state index in [1.165, 1.54) is 12.1 Å². The molecule has 1 N–H and O–H groups in total. The molecule has 6 heteroatoms. The molecule has 0 fully saturated rings. The second-order valence-corrected chi connectivity index (χ2v) is 4.73. The lowest BCUT2D eigenvalue weighted by Gasteiger charge is -2.10. The summed E-state index contributed by atoms with van der Waals surface area (Å²) in [6, 6.07) is 12.6. The lowest BCUT2D eigenvalue weighted by atomic mass is 10.1. The van der Waals surface area contributed by atoms with Gasteiger partial charge in [-0.3, -0.25) is 0 Å². The lowest BCUT2D eigenvalue weighted by molar-refractivity contribution is 0.625. The van der Waals surface area contributed by atoms with Crippen molar-refractivity contribution in [1.29, 1.82) is 0 Å². The van der Waals surface area contributed by atoms with Crippen molar-refractivity contribution in [1.82, 2.24) is 20.2 Å². The number of benzene rings is 2. The number of halogens is 1. The first-order valence-corrected chi connectivity index (χ1v) is 6.55. The van der Waals surface area contributed by atoms with Gasteiger partial charge in [-0.25, -0.2) is 9.07 Å². The van der Waals surface area contributed by atoms with Crippen LogP contribution in [0.25, 0.3) is 5.69 Å². The van der Waals surface area contributed by atoms with Crippen LogP contribution in [0.4, 0.5) is 10.1 Å². The third-order valence-corrected chi connectivity index (χ3v) is 3.25. The molecule has 3 rings (SSSR count). The minimum atomic E-state index is -0.211. The number of nitrogens with one attached hydrogen (secondary N) is 1. The Labute approximate surface area is 121 Å². The second kappa shape index (κ2) is 5.70. The van der Waals surface area contributed by atoms with E-state index in [1.807, 2.05) is 31.2 Å². The number of nitrogens with zero attached hydrogens (tertiary/aromatic N) is 4. The van der Waals surface area contributed by atoms with Crippen molar-refractivity contribution in [3.05, 3.63) is 65.7 Å². The van der Waals surface area contributed by atoms with E-state index in [1.54, 1.807) is 17.1 Å². The van der Waals surface area contributed by atoms with Crippen molar-refractivity contribution in [2.45, 2.75) is 13.5 Å². The van der Waals surface area contributed by atoms with Crippen LogP contribution in [0.1, 0.15) is 11.1 Å². The summed E-state index contributed by atoms with van der Waals surface area (Å²) in [5.41, 5.74) is 3.82. The molecule has 106 valence electrons. The number of hydrogen-bond donors (Lipinski definition) is 1. The molecule has 0 spiro atoms. The molecule has 0 aliphatic rings. The van der Waals surface area contributed by atoms with Gasteiger partial charge in [0.25, 0.3) is 0 Å². The number of anilines is 1. The monoisotopic (exact) mass is 283 g/mol. The topological polar surface area (TPSA) is 55.6 Å². The molecule has 0 unspecified atom stereocenters. The molecule has 3 aromatic rings. The molecule has 1 heterocycles. The summed E-state index contributed by atoms with van der Waals surface area (Å²) in [5.74, 6) is -0.211. The number of aromatic nitrogens is 4. The highest BCUT2D eigenvalue weighted by Crippen LogP contribution is 2.16. The largest absolute Gasteiger partial charge is 0.381 e. The summed E-state index contributed by atoms with van der Waals surface area (Å²) in [4.78, 5) is 0. The molecule has 0 saturated heterocycles. The van der Waals surface area contributed by atoms with Crippen molar-refractivity contribution >= 4 is 5.69 Å². The summed E-state index contributed by atoms with van der Waals surface area (Å²) in [7, 11) is 0. The predicted molar refractivity (Wildman–Crippen MR) is 77.6 cm³/mol. The number of rotatable bonds is 4. The van der Waals surface area contributed by atoms with E-state index >= 15 is 0 Å². The minimum Gasteiger partial charge on any atom is -0.381 e. The van der Waals surface area contributed by atoms with Gasteiger partial charge in [0.1, 0.15) is 12.1 Å². The quantitative estimate of drug-likeness (QED) is 0.800. The van der Waals surface area contributed by atoms with Crippen LogP contribution in [0.15, 0.2) is 48.8 Å². The van der Waals surface area contributed by atoms with E-state index in [2.05, 4.69) is 20.8 Å². The molecule has 0 atom stereocenters. The normalized spacial score (nSPS) is 10.6. The van der Waals surface area contributed by atoms with E-state index in [-0.39, 0.29) is 5.82 Å². The number of tetrazole rings is 1. The van der Waals surface area contributed by atoms with Crippen LogP contribution in [0.2, 0.25) is 0 Å². The van der Waals surface area contributed by atoms with E-state index in [9.17, 15) is 4.39 Å². The summed E-state index contributed by atoms with van der Waals surface area (Å²) in [6.45, 7) is 2.53. The molecule has 2 aromatic carbocycles. The van der Waals surface area contributed by atoms with Gasteiger partial charge in [-0.1, -0.05) is 12.1 Å². The molecular weight excluding hydrogens is 269 g/mol. The van der Waals surface area contributed by atoms with Gasteiger partial charge in [0, 0.05) is 12.2 Å². The van der Waals surface area contributed by atoms with Gasteiger partial charge in [-0.2, -0.15) is 0 Å². The zero-order valence-corrected chi connectivity index (χ0v) is 11.5. The Bertz CT molecular complexity index is 740. The van der Waals surface area contributed by atoms with Gasteiger partial charge in [0.15, 0.2) is 0 Å². The Morgan fingerprint density at radius 3 is 2.86 bits per heavy atom. The van der Waals surface area contributed by atoms with E-state index in [4.69, 9.17) is 0 Å². The first kappa shape index (κ1) is 13.2. The fourth-order valence-corrected chi connectivity index (χ4v) is 2.09. The fourth-order valence-electron chi connectivity index (χ4n) is 2.09. The lowest BCUT2D eigenvalue weighted by Crippen LogP contribution is -2.03. The number of hydrogen-bond acceptors (Lipinski definition) is 4. The van der Waals surface area contributed by atoms with Gasteiger partial charge < -0.3 is 5.32 Å². The van der Waals surface area contributed by atoms with Crippen LogP contribution >= 0.6 is 0 Å². The van der Waals surface area contributed by atoms with Gasteiger partial charge in [-0.05, 0) is 58.8 Å². The highest BCUT2D eigenvalue weighted by molar-refractivity contribution is 5.51. The fraction of sp³-hybridized carbons (Fsp3) is 0.133. The van der Waals surface area contributed by atoms with Gasteiger partial charge in [0.2, 0.25) is 0 Å². The average molecular weight is 283 g/mol. The Kier molecular flexibility index (Phi) is 3.59. The van der Waals surface area contributed by atoms with Crippen molar-refractivity contribution in [3.8, 4) is 5.69 Å². The smallest absolute Gasteiger partial charge is 0.143 e. The Balaban J connectivity index is 1.75. The maximum absolute atomic E-state index is 13.1. The zero-order valence-electron chi connectivity index (χ0n) is 11.5. The van der Waals surface area contributed by atoms with Crippen molar-refractivity contribution < 1.29 is 4.39 Å². The van der Waals surface area contributed by atoms with E-state index in [0.717, 1.165) is 22.5 Å². The summed E-state index contributed by atoms with van der Waals surface area (Å²) < 4.78 is 14.7. The van der Waals surface area contributed by atoms with Gasteiger partial charge in [0.05, 0.1) is 5.69 Å². The predicted octanol–water partition coefficient (Wildman–Crippen LogP) is 2.72. The summed E-state index contributed by atoms with van der Waals surface area (Å²) >= 11 is 0. The standard InChI is InChI=1S/C15H14FN5/c1-11-7-13(16)6-5-12(11)9-17-14-3-2-4-15(8-14)21-10-18-19-20-21/h2-8,10,17H,9H2,1H3. The molecule has 0 amide bonds. The maximum Gasteiger partial charge on any atom is 0.143 e. The van der Waals surface area contributed by atoms with Gasteiger partial charge in [-0.15, -0.1) is 5.10 Å². The summed E-state index contributed by atoms with van der Waals surface area (Å²) in [5, 5.41) is 14.4. The third kappa shape index (κ3) is 3.05. The van der Waals surface area contributed by atoms with Crippen LogP contribution in [-0.2, 0) is 6.54 Å². The maximum atomic E-state index is 13.1. The Hall–Kier alpha value is -2.76. The highest BCUT2D eigenvalue weighted by atomic mass is 19.1. The van der Waals surface area contributed by atoms with Crippen molar-refractivity contribution in [2.75, 3.05) is 5.32 Å². The number of aryl methyl sites for hydroxylation is 1. The minimum absolute atomic E-state index is 0.211. The SMILES string of the molecule is Cc1cc(F)ccc1CNc1cccc(-n2cnnn2)c1. The zero-order chi connectivity index (χ0) is 14.7. The van der Waals surface area contributed by atoms with Crippen LogP contribution in [0.5, 0.6) is 0 Å². The Morgan fingerprint density at radius 1 is 1.19 bits per heavy atom. The average Bonchev–Trinajstić information content (AvgIpc) is 3.01. The van der Waals surface area contributed by atoms with Gasteiger partial charge >= 0.3 is 0 Å². The van der Waals surface area contributed by atoms with E-state index < -0.39 is 0 Å². The highest BCUT2D eigenvalue weighted by Gasteiger charge is 2.02. The first-order chi connectivity index (χ1) is 10.2. The van der Waals surface area contributed by atoms with E-state index in [0.29, 0.717) is 6.54 Å². The molecule has 21 heavy (non-hydrogen) atoms. The van der Waals surface area contributed by atoms with Crippen LogP contribution in [0, 0.1) is 12.7 Å².